The molecule has 6 heterocycles. The van der Waals surface area contributed by atoms with Gasteiger partial charge in [-0.25, -0.2) is 25.3 Å². The average molecular weight is 1440 g/mol. The molecule has 36 heteroatoms. The first-order valence-corrected chi connectivity index (χ1v) is 38.8. The third kappa shape index (κ3) is 18.3. The maximum atomic E-state index is 12.9. The Morgan fingerprint density at radius 2 is 0.840 bits per heavy atom. The van der Waals surface area contributed by atoms with Crippen molar-refractivity contribution in [1.29, 1.82) is 0 Å². The molecule has 0 fully saturated rings. The lowest BCUT2D eigenvalue weighted by molar-refractivity contribution is 0.586. The molecule has 7 N–H and O–H groups in total. The van der Waals surface area contributed by atoms with Gasteiger partial charge in [-0.3, -0.25) is 0 Å². The standard InChI is InChI=1S/C22H26N7O3PS.C13H13ClN6O2S.C9H13NO2S.C9H14NOP.C4HCl2N5.CH4/c1-14(2)34(31,32)19-9-7-6-8-18(19)26-22-28-20(27-21-23-13-24-29(21)22)25-17-11-10-16(12-15(17)3)33(4,5)30;1-8(2)23(21,22)10-6-4-3-5-9(10)17-13-19-11(14)18-12-15-7-16-20(12)13;1-7(2)13(11,12)9-6-4-3-5-8(9)10;1-7-6-8(12(2,3)11)4-5-9(7)10;5-2-9-3(6)11-4(10-2)7-1-8-11;/h6-14H,1-5H3,(H2,23,24,25,26,27,28);3-8H,1-2H3,(H,15,16,17,18,19);3-7H,10H2,1-2H3;4-6H,10H2,1-3H3;1H;1H4. The summed E-state index contributed by atoms with van der Waals surface area (Å²) in [4.78, 5) is 36.7. The molecule has 94 heavy (non-hydrogen) atoms. The second-order valence-corrected chi connectivity index (χ2v) is 36.7. The largest absolute Gasteiger partial charge is 0.399 e. The highest BCUT2D eigenvalue weighted by molar-refractivity contribution is 7.92. The van der Waals surface area contributed by atoms with Crippen molar-refractivity contribution >= 4 is 153 Å². The number of hydrogen-bond donors (Lipinski definition) is 5. The molecule has 6 aromatic heterocycles. The lowest BCUT2D eigenvalue weighted by Gasteiger charge is -2.15. The van der Waals surface area contributed by atoms with Gasteiger partial charge >= 0.3 is 0 Å². The molecule has 11 aromatic rings. The van der Waals surface area contributed by atoms with E-state index in [9.17, 15) is 34.4 Å². The normalized spacial score (nSPS) is 11.8. The van der Waals surface area contributed by atoms with E-state index in [0.717, 1.165) is 33.1 Å². The van der Waals surface area contributed by atoms with Crippen molar-refractivity contribution in [3.63, 3.8) is 0 Å². The van der Waals surface area contributed by atoms with Crippen LogP contribution in [0.3, 0.4) is 0 Å². The van der Waals surface area contributed by atoms with E-state index >= 15 is 0 Å². The molecule has 0 radical (unpaired) electrons. The number of anilines is 8. The Bertz CT molecular complexity index is 4970. The molecule has 0 saturated carbocycles. The Morgan fingerprint density at radius 3 is 1.30 bits per heavy atom. The van der Waals surface area contributed by atoms with E-state index in [1.54, 1.807) is 135 Å². The van der Waals surface area contributed by atoms with Gasteiger partial charge in [0.15, 0.2) is 29.5 Å². The van der Waals surface area contributed by atoms with Crippen LogP contribution >= 0.6 is 49.1 Å². The topological polar surface area (TPSA) is 393 Å². The van der Waals surface area contributed by atoms with Gasteiger partial charge in [0.1, 0.15) is 33.3 Å². The second kappa shape index (κ2) is 30.9. The Labute approximate surface area is 559 Å². The fraction of sp³-hybridized carbons (Fsp3) is 0.276. The fourth-order valence-corrected chi connectivity index (χ4v) is 13.9. The van der Waals surface area contributed by atoms with E-state index in [0.29, 0.717) is 22.8 Å². The van der Waals surface area contributed by atoms with Crippen LogP contribution in [0.5, 0.6) is 0 Å². The van der Waals surface area contributed by atoms with E-state index in [1.807, 2.05) is 50.2 Å². The minimum Gasteiger partial charge on any atom is -0.399 e. The second-order valence-electron chi connectivity index (χ2n) is 21.8. The van der Waals surface area contributed by atoms with Gasteiger partial charge in [0.25, 0.3) is 17.3 Å². The summed E-state index contributed by atoms with van der Waals surface area (Å²) in [6.45, 7) is 20.6. The van der Waals surface area contributed by atoms with Crippen LogP contribution in [0.2, 0.25) is 15.9 Å². The van der Waals surface area contributed by atoms with Crippen molar-refractivity contribution in [2.24, 2.45) is 0 Å². The fourth-order valence-electron chi connectivity index (χ4n) is 7.94. The molecule has 0 aliphatic rings. The Balaban J connectivity index is 0.000000201. The summed E-state index contributed by atoms with van der Waals surface area (Å²) >= 11 is 17.0. The van der Waals surface area contributed by atoms with Crippen molar-refractivity contribution in [2.45, 2.75) is 93.3 Å². The average Bonchev–Trinajstić information content (AvgIpc) is 1.29. The summed E-state index contributed by atoms with van der Waals surface area (Å²) < 4.78 is 102. The number of aromatic nitrogens is 15. The van der Waals surface area contributed by atoms with E-state index in [2.05, 4.69) is 76.1 Å². The van der Waals surface area contributed by atoms with Crippen molar-refractivity contribution in [3.8, 4) is 0 Å². The Kier molecular flexibility index (Phi) is 24.5. The highest BCUT2D eigenvalue weighted by Crippen LogP contribution is 2.37. The summed E-state index contributed by atoms with van der Waals surface area (Å²) in [6.07, 6.45) is 3.98. The molecular formula is C58H71Cl3N20O8P2S3. The van der Waals surface area contributed by atoms with Gasteiger partial charge in [-0.1, -0.05) is 43.8 Å². The first-order chi connectivity index (χ1) is 43.5. The number of sulfone groups is 3. The summed E-state index contributed by atoms with van der Waals surface area (Å²) in [5.74, 6) is 1.61. The van der Waals surface area contributed by atoms with E-state index in [4.69, 9.17) is 46.3 Å². The van der Waals surface area contributed by atoms with Crippen LogP contribution in [0.4, 0.5) is 46.3 Å². The number of nitrogen functional groups attached to an aromatic ring is 2. The van der Waals surface area contributed by atoms with E-state index < -0.39 is 59.5 Å². The van der Waals surface area contributed by atoms with E-state index in [-0.39, 0.29) is 67.4 Å². The lowest BCUT2D eigenvalue weighted by Crippen LogP contribution is -2.16. The number of hydrogen-bond acceptors (Lipinski definition) is 25. The Hall–Kier alpha value is -8.28. The lowest BCUT2D eigenvalue weighted by atomic mass is 10.2. The molecule has 11 rings (SSSR count). The molecule has 28 nitrogen and oxygen atoms in total. The first-order valence-electron chi connectivity index (χ1n) is 27.8. The van der Waals surface area contributed by atoms with Crippen LogP contribution in [0.1, 0.15) is 60.1 Å². The number of halogens is 3. The van der Waals surface area contributed by atoms with Crippen LogP contribution in [-0.4, -0.2) is 141 Å². The molecule has 500 valence electrons. The first kappa shape index (κ1) is 74.8. The number of nitrogens with two attached hydrogens (primary N) is 2. The summed E-state index contributed by atoms with van der Waals surface area (Å²) in [6, 6.07) is 30.8. The van der Waals surface area contributed by atoms with Gasteiger partial charge in [0.05, 0.1) is 47.5 Å². The predicted octanol–water partition coefficient (Wildman–Crippen LogP) is 10.6. The molecule has 0 aliphatic carbocycles. The zero-order valence-corrected chi connectivity index (χ0v) is 58.7. The predicted molar refractivity (Wildman–Crippen MR) is 373 cm³/mol. The molecule has 0 spiro atoms. The number of para-hydroxylation sites is 3. The zero-order chi connectivity index (χ0) is 68.5. The molecule has 0 atom stereocenters. The van der Waals surface area contributed by atoms with Crippen molar-refractivity contribution in [3.05, 3.63) is 155 Å². The van der Waals surface area contributed by atoms with Crippen molar-refractivity contribution in [1.82, 2.24) is 73.7 Å². The smallest absolute Gasteiger partial charge is 0.258 e. The molecule has 0 unspecified atom stereocenters. The van der Waals surface area contributed by atoms with Gasteiger partial charge in [-0.2, -0.15) is 73.7 Å². The Morgan fingerprint density at radius 1 is 0.447 bits per heavy atom. The van der Waals surface area contributed by atoms with Gasteiger partial charge in [0, 0.05) is 22.0 Å². The highest BCUT2D eigenvalue weighted by Gasteiger charge is 2.26. The maximum absolute atomic E-state index is 12.9. The number of benzene rings is 5. The monoisotopic (exact) mass is 1440 g/mol. The molecular weight excluding hydrogens is 1370 g/mol. The number of fused-ring (bicyclic) bond motifs is 3. The van der Waals surface area contributed by atoms with Gasteiger partial charge in [-0.05, 0) is 201 Å². The molecule has 0 aliphatic heterocycles. The number of rotatable bonds is 14. The van der Waals surface area contributed by atoms with E-state index in [1.165, 1.54) is 38.6 Å². The zero-order valence-electron chi connectivity index (χ0n) is 52.2. The SMILES string of the molecule is C.CC(C)S(=O)(=O)c1ccccc1N.CC(C)S(=O)(=O)c1ccccc1Nc1nc(Cl)nc2ncnn12.Cc1cc(P(C)(C)=O)ccc1N.Cc1cc(P(C)(C)=O)ccc1Nc1nc(Nc2ccccc2S(=O)(=O)C(C)C)n2ncnc2n1.Clc1nc(Cl)n2ncnc2n1. The van der Waals surface area contributed by atoms with Crippen LogP contribution in [0.15, 0.2) is 143 Å². The summed E-state index contributed by atoms with van der Waals surface area (Å²) in [7, 11) is -14.7. The minimum absolute atomic E-state index is 0. The number of nitrogens with zero attached hydrogens (tertiary/aromatic N) is 15. The van der Waals surface area contributed by atoms with Crippen LogP contribution < -0.4 is 38.0 Å². The van der Waals surface area contributed by atoms with Crippen LogP contribution in [0.25, 0.3) is 17.3 Å². The van der Waals surface area contributed by atoms with Gasteiger partial charge in [-0.15, -0.1) is 0 Å². The highest BCUT2D eigenvalue weighted by atomic mass is 35.5. The van der Waals surface area contributed by atoms with Crippen LogP contribution in [-0.2, 0) is 38.6 Å². The minimum atomic E-state index is -3.54. The number of nitrogens with one attached hydrogen (secondary N) is 3. The number of aryl methyl sites for hydroxylation is 2. The molecule has 0 bridgehead atoms. The third-order valence-corrected chi connectivity index (χ3v) is 23.5. The summed E-state index contributed by atoms with van der Waals surface area (Å²) in [5.41, 5.74) is 15.7. The molecule has 5 aromatic carbocycles. The molecule has 0 saturated heterocycles. The third-order valence-electron chi connectivity index (χ3n) is 13.3. The van der Waals surface area contributed by atoms with Crippen molar-refractivity contribution in [2.75, 3.05) is 54.1 Å². The van der Waals surface area contributed by atoms with Gasteiger partial charge < -0.3 is 36.5 Å². The maximum Gasteiger partial charge on any atom is 0.258 e. The van der Waals surface area contributed by atoms with Crippen LogP contribution in [0, 0.1) is 13.8 Å². The molecule has 0 amide bonds. The summed E-state index contributed by atoms with van der Waals surface area (Å²) in [5, 5.41) is 21.4. The van der Waals surface area contributed by atoms with Gasteiger partial charge in [0.2, 0.25) is 33.7 Å². The quantitative estimate of drug-likeness (QED) is 0.0499. The van der Waals surface area contributed by atoms with Crippen molar-refractivity contribution < 1.29 is 34.4 Å².